The Hall–Kier alpha value is -8.30. The van der Waals surface area contributed by atoms with Crippen molar-refractivity contribution in [3.63, 3.8) is 0 Å². The minimum atomic E-state index is -0.922. The number of hydrogen-bond acceptors (Lipinski definition) is 18. The Morgan fingerprint density at radius 3 is 1.29 bits per heavy atom. The zero-order valence-corrected chi connectivity index (χ0v) is 41.5. The third-order valence-electron chi connectivity index (χ3n) is 10.2. The van der Waals surface area contributed by atoms with E-state index >= 15 is 0 Å². The highest BCUT2D eigenvalue weighted by atomic mass is 16.6. The first-order chi connectivity index (χ1) is 34.6. The summed E-state index contributed by atoms with van der Waals surface area (Å²) in [5.74, 6) is -3.69. The van der Waals surface area contributed by atoms with E-state index in [4.69, 9.17) is 47.4 Å². The van der Waals surface area contributed by atoms with Gasteiger partial charge in [0.15, 0.2) is 0 Å². The summed E-state index contributed by atoms with van der Waals surface area (Å²) in [5.41, 5.74) is -0.101. The number of carbonyl (C=O) groups is 6. The molecule has 388 valence electrons. The van der Waals surface area contributed by atoms with Gasteiger partial charge in [0.25, 0.3) is 17.7 Å². The Kier molecular flexibility index (Phi) is 22.2. The molecule has 0 spiro atoms. The molecule has 0 unspecified atom stereocenters. The number of benzene rings is 4. The maximum Gasteiger partial charge on any atom is 0.311 e. The predicted molar refractivity (Wildman–Crippen MR) is 261 cm³/mol. The van der Waals surface area contributed by atoms with Crippen molar-refractivity contribution in [3.05, 3.63) is 87.0 Å². The van der Waals surface area contributed by atoms with Crippen molar-refractivity contribution in [2.75, 3.05) is 84.0 Å². The molecular formula is C50H60N4O18. The molecule has 22 heteroatoms. The highest BCUT2D eigenvalue weighted by Crippen LogP contribution is 2.40. The number of esters is 3. The van der Waals surface area contributed by atoms with E-state index in [1.807, 2.05) is 6.92 Å². The fraction of sp³-hybridized carbons (Fsp3) is 0.400. The van der Waals surface area contributed by atoms with Gasteiger partial charge in [0.05, 0.1) is 107 Å². The van der Waals surface area contributed by atoms with Crippen LogP contribution in [0.2, 0.25) is 0 Å². The second-order valence-corrected chi connectivity index (χ2v) is 15.2. The van der Waals surface area contributed by atoms with Crippen molar-refractivity contribution in [1.29, 1.82) is 0 Å². The molecule has 4 aromatic carbocycles. The third kappa shape index (κ3) is 16.1. The quantitative estimate of drug-likeness (QED) is 0.0153. The predicted octanol–water partition coefficient (Wildman–Crippen LogP) is 7.86. The van der Waals surface area contributed by atoms with Gasteiger partial charge in [-0.3, -0.25) is 38.9 Å². The van der Waals surface area contributed by atoms with E-state index in [2.05, 4.69) is 16.0 Å². The molecule has 0 radical (unpaired) electrons. The smallest absolute Gasteiger partial charge is 0.311 e. The standard InChI is InChI=1S/C50H60N4O18/c1-9-67-45(55)15-12-20-70-38-19-18-30(4)23-34(38)51-48(58)31-24-35(42(65-7)27-39(31)63-5)52-49(59)32-25-36(53-50(60)33-26-37(54(61)62)44(66-8)28-40(33)64-6)43(72-22-14-17-47(57)69-11-3)29-41(32)71-21-13-16-46(56)68-10-2/h18-19,23-29H,9-17,20-22H2,1-8H3,(H,51,58)(H,52,59)(H,53,60). The van der Waals surface area contributed by atoms with E-state index in [0.29, 0.717) is 17.9 Å². The Labute approximate surface area is 415 Å². The number of nitro benzene ring substituents is 1. The van der Waals surface area contributed by atoms with Crippen LogP contribution in [-0.2, 0) is 28.6 Å². The normalized spacial score (nSPS) is 10.5. The monoisotopic (exact) mass is 1000 g/mol. The Morgan fingerprint density at radius 1 is 0.472 bits per heavy atom. The van der Waals surface area contributed by atoms with Gasteiger partial charge in [-0.15, -0.1) is 0 Å². The average Bonchev–Trinajstić information content (AvgIpc) is 3.35. The minimum Gasteiger partial charge on any atom is -0.496 e. The van der Waals surface area contributed by atoms with Gasteiger partial charge in [-0.2, -0.15) is 0 Å². The molecular weight excluding hydrogens is 945 g/mol. The number of carbonyl (C=O) groups excluding carboxylic acids is 6. The van der Waals surface area contributed by atoms with Crippen LogP contribution < -0.4 is 49.1 Å². The Bertz CT molecular complexity index is 2580. The van der Waals surface area contributed by atoms with Crippen molar-refractivity contribution >= 4 is 58.4 Å². The van der Waals surface area contributed by atoms with Gasteiger partial charge in [0, 0.05) is 43.5 Å². The van der Waals surface area contributed by atoms with Crippen molar-refractivity contribution in [1.82, 2.24) is 0 Å². The van der Waals surface area contributed by atoms with Gasteiger partial charge in [-0.25, -0.2) is 0 Å². The summed E-state index contributed by atoms with van der Waals surface area (Å²) in [6.07, 6.45) is 0.804. The van der Waals surface area contributed by atoms with Crippen molar-refractivity contribution in [3.8, 4) is 40.2 Å². The lowest BCUT2D eigenvalue weighted by molar-refractivity contribution is -0.385. The van der Waals surface area contributed by atoms with Crippen molar-refractivity contribution in [2.45, 2.75) is 66.2 Å². The molecule has 4 rings (SSSR count). The van der Waals surface area contributed by atoms with Gasteiger partial charge >= 0.3 is 23.6 Å². The number of ether oxygens (including phenoxy) is 10. The molecule has 3 N–H and O–H groups in total. The van der Waals surface area contributed by atoms with Crippen LogP contribution in [0.4, 0.5) is 22.7 Å². The highest BCUT2D eigenvalue weighted by Gasteiger charge is 2.27. The summed E-state index contributed by atoms with van der Waals surface area (Å²) < 4.78 is 54.9. The summed E-state index contributed by atoms with van der Waals surface area (Å²) in [4.78, 5) is 90.2. The van der Waals surface area contributed by atoms with Gasteiger partial charge in [-0.1, -0.05) is 6.07 Å². The van der Waals surface area contributed by atoms with Crippen LogP contribution in [0.25, 0.3) is 0 Å². The van der Waals surface area contributed by atoms with E-state index in [9.17, 15) is 38.9 Å². The molecule has 0 atom stereocenters. The first-order valence-corrected chi connectivity index (χ1v) is 22.9. The fourth-order valence-corrected chi connectivity index (χ4v) is 6.78. The Morgan fingerprint density at radius 2 is 0.847 bits per heavy atom. The third-order valence-corrected chi connectivity index (χ3v) is 10.2. The molecule has 0 heterocycles. The molecule has 0 aliphatic carbocycles. The van der Waals surface area contributed by atoms with E-state index < -0.39 is 40.3 Å². The first kappa shape index (κ1) is 56.3. The van der Waals surface area contributed by atoms with E-state index in [1.165, 1.54) is 58.8 Å². The molecule has 0 saturated heterocycles. The van der Waals surface area contributed by atoms with Crippen molar-refractivity contribution < 1.29 is 81.1 Å². The fourth-order valence-electron chi connectivity index (χ4n) is 6.78. The zero-order valence-electron chi connectivity index (χ0n) is 41.5. The van der Waals surface area contributed by atoms with Crippen LogP contribution in [0.1, 0.15) is 95.9 Å². The number of nitrogens with one attached hydrogen (secondary N) is 3. The topological polar surface area (TPSA) is 274 Å². The Balaban J connectivity index is 1.79. The number of aryl methyl sites for hydroxylation is 1. The van der Waals surface area contributed by atoms with Gasteiger partial charge in [-0.05, 0) is 76.8 Å². The summed E-state index contributed by atoms with van der Waals surface area (Å²) in [7, 11) is 5.15. The van der Waals surface area contributed by atoms with Gasteiger partial charge in [0.1, 0.15) is 34.5 Å². The SMILES string of the molecule is CCOC(=O)CCCOc1ccc(C)cc1NC(=O)c1cc(NC(=O)c2cc(NC(=O)c3cc([N+](=O)[O-])c(OC)cc3OC)c(OCCCC(=O)OCC)cc2OCCCC(=O)OCC)c(OC)cc1OC. The summed E-state index contributed by atoms with van der Waals surface area (Å²) in [5, 5.41) is 20.2. The molecule has 0 bridgehead atoms. The number of amides is 3. The summed E-state index contributed by atoms with van der Waals surface area (Å²) in [6, 6.07) is 12.6. The maximum atomic E-state index is 14.6. The number of methoxy groups -OCH3 is 4. The molecule has 3 amide bonds. The maximum absolute atomic E-state index is 14.6. The molecule has 22 nitrogen and oxygen atoms in total. The molecule has 72 heavy (non-hydrogen) atoms. The van der Waals surface area contributed by atoms with Crippen LogP contribution >= 0.6 is 0 Å². The number of anilines is 3. The van der Waals surface area contributed by atoms with E-state index in [-0.39, 0.29) is 140 Å². The molecule has 4 aromatic rings. The largest absolute Gasteiger partial charge is 0.496 e. The lowest BCUT2D eigenvalue weighted by atomic mass is 10.1. The van der Waals surface area contributed by atoms with Crippen molar-refractivity contribution in [2.24, 2.45) is 0 Å². The molecule has 0 saturated carbocycles. The van der Waals surface area contributed by atoms with Crippen LogP contribution in [0.15, 0.2) is 54.6 Å². The number of rotatable bonds is 29. The molecule has 0 aliphatic rings. The van der Waals surface area contributed by atoms with Crippen LogP contribution in [-0.4, -0.2) is 109 Å². The zero-order chi connectivity index (χ0) is 52.7. The van der Waals surface area contributed by atoms with E-state index in [0.717, 1.165) is 11.6 Å². The van der Waals surface area contributed by atoms with Crippen LogP contribution in [0.3, 0.4) is 0 Å². The van der Waals surface area contributed by atoms with Gasteiger partial charge in [0.2, 0.25) is 5.75 Å². The second-order valence-electron chi connectivity index (χ2n) is 15.2. The molecule has 0 aliphatic heterocycles. The summed E-state index contributed by atoms with van der Waals surface area (Å²) in [6.45, 7) is 7.43. The van der Waals surface area contributed by atoms with Crippen LogP contribution in [0, 0.1) is 17.0 Å². The lowest BCUT2D eigenvalue weighted by Gasteiger charge is -2.20. The van der Waals surface area contributed by atoms with Gasteiger partial charge < -0.3 is 63.3 Å². The average molecular weight is 1010 g/mol. The van der Waals surface area contributed by atoms with Crippen LogP contribution in [0.5, 0.6) is 40.2 Å². The minimum absolute atomic E-state index is 0.0118. The number of nitrogens with zero attached hydrogens (tertiary/aromatic N) is 1. The summed E-state index contributed by atoms with van der Waals surface area (Å²) >= 11 is 0. The number of nitro groups is 1. The van der Waals surface area contributed by atoms with E-state index in [1.54, 1.807) is 39.0 Å². The highest BCUT2D eigenvalue weighted by molar-refractivity contribution is 6.12. The number of hydrogen-bond donors (Lipinski definition) is 3. The second kappa shape index (κ2) is 28.4. The molecule has 0 fully saturated rings. The first-order valence-electron chi connectivity index (χ1n) is 22.9. The lowest BCUT2D eigenvalue weighted by Crippen LogP contribution is -2.19. The molecule has 0 aromatic heterocycles.